The van der Waals surface area contributed by atoms with Gasteiger partial charge in [-0.05, 0) is 32.1 Å². The van der Waals surface area contributed by atoms with Crippen molar-refractivity contribution in [3.63, 3.8) is 0 Å². The molecule has 40 heavy (non-hydrogen) atoms. The van der Waals surface area contributed by atoms with Gasteiger partial charge in [-0.2, -0.15) is 0 Å². The van der Waals surface area contributed by atoms with Gasteiger partial charge < -0.3 is 59.8 Å². The number of hydrogen-bond donors (Lipinski definition) is 10. The molecule has 0 unspecified atom stereocenters. The largest absolute Gasteiger partial charge is 0.394 e. The summed E-state index contributed by atoms with van der Waals surface area (Å²) in [5.74, 6) is -4.04. The standard InChI is InChI=1S/C22H41N11O7/c1-12(36)30-15(6-7-17(23)37)19(39)32-14(5-3-9-29-22(26)27)18(38)33-16(11-35)20(40)31-13(10-34)4-2-8-28-21(24)25/h10,13-16,35H,2-9,11H2,1H3,(H2,23,37)(H,30,36)(H,31,40)(H,32,39)(H,33,38)(H4,24,25,28)(H4,26,27,29)/t13-,14-,15-,16-/m0/s1. The third-order valence-electron chi connectivity index (χ3n) is 5.23. The lowest BCUT2D eigenvalue weighted by Gasteiger charge is -2.25. The van der Waals surface area contributed by atoms with E-state index in [1.165, 1.54) is 6.92 Å². The number of nitrogens with zero attached hydrogens (tertiary/aromatic N) is 2. The number of aldehydes is 1. The summed E-state index contributed by atoms with van der Waals surface area (Å²) >= 11 is 0. The van der Waals surface area contributed by atoms with Gasteiger partial charge in [0.1, 0.15) is 24.4 Å². The summed E-state index contributed by atoms with van der Waals surface area (Å²) in [6.45, 7) is 0.688. The fraction of sp³-hybridized carbons (Fsp3) is 0.636. The molecule has 0 saturated heterocycles. The van der Waals surface area contributed by atoms with Crippen molar-refractivity contribution in [1.82, 2.24) is 21.3 Å². The topological polar surface area (TPSA) is 326 Å². The molecule has 0 bridgehead atoms. The lowest BCUT2D eigenvalue weighted by molar-refractivity contribution is -0.134. The number of primary amides is 1. The van der Waals surface area contributed by atoms with Crippen LogP contribution in [0.25, 0.3) is 0 Å². The first-order valence-corrected chi connectivity index (χ1v) is 12.4. The highest BCUT2D eigenvalue weighted by Crippen LogP contribution is 2.04. The summed E-state index contributed by atoms with van der Waals surface area (Å²) in [5, 5.41) is 19.3. The maximum absolute atomic E-state index is 13.0. The predicted molar refractivity (Wildman–Crippen MR) is 145 cm³/mol. The fourth-order valence-electron chi connectivity index (χ4n) is 3.29. The van der Waals surface area contributed by atoms with E-state index in [0.29, 0.717) is 12.7 Å². The molecule has 0 aromatic carbocycles. The second-order valence-corrected chi connectivity index (χ2v) is 8.71. The molecule has 0 rings (SSSR count). The molecule has 0 aromatic rings. The van der Waals surface area contributed by atoms with Gasteiger partial charge in [0.2, 0.25) is 29.5 Å². The van der Waals surface area contributed by atoms with Crippen LogP contribution in [0, 0.1) is 0 Å². The van der Waals surface area contributed by atoms with Gasteiger partial charge in [-0.25, -0.2) is 0 Å². The zero-order chi connectivity index (χ0) is 30.7. The molecule has 0 aliphatic carbocycles. The van der Waals surface area contributed by atoms with Crippen LogP contribution in [0.3, 0.4) is 0 Å². The van der Waals surface area contributed by atoms with E-state index in [2.05, 4.69) is 31.3 Å². The molecule has 226 valence electrons. The average Bonchev–Trinajstić information content (AvgIpc) is 2.87. The van der Waals surface area contributed by atoms with Crippen molar-refractivity contribution in [2.75, 3.05) is 19.7 Å². The van der Waals surface area contributed by atoms with Crippen LogP contribution in [0.5, 0.6) is 0 Å². The van der Waals surface area contributed by atoms with E-state index in [1.807, 2.05) is 0 Å². The maximum atomic E-state index is 13.0. The van der Waals surface area contributed by atoms with Gasteiger partial charge in [-0.1, -0.05) is 0 Å². The van der Waals surface area contributed by atoms with Crippen LogP contribution in [0.4, 0.5) is 0 Å². The minimum atomic E-state index is -1.47. The Balaban J connectivity index is 5.51. The molecule has 15 N–H and O–H groups in total. The number of nitrogens with two attached hydrogens (primary N) is 5. The van der Waals surface area contributed by atoms with E-state index >= 15 is 0 Å². The molecule has 0 spiro atoms. The Morgan fingerprint density at radius 1 is 0.725 bits per heavy atom. The average molecular weight is 572 g/mol. The number of amides is 5. The second kappa shape index (κ2) is 19.6. The molecule has 0 saturated carbocycles. The van der Waals surface area contributed by atoms with Gasteiger partial charge in [-0.15, -0.1) is 0 Å². The third-order valence-corrected chi connectivity index (χ3v) is 5.23. The van der Waals surface area contributed by atoms with Crippen LogP contribution in [0.15, 0.2) is 9.98 Å². The van der Waals surface area contributed by atoms with Gasteiger partial charge in [0.15, 0.2) is 11.9 Å². The summed E-state index contributed by atoms with van der Waals surface area (Å²) in [7, 11) is 0. The number of hydrogen-bond acceptors (Lipinski definition) is 9. The number of aliphatic hydroxyl groups is 1. The van der Waals surface area contributed by atoms with Crippen LogP contribution < -0.4 is 49.9 Å². The summed E-state index contributed by atoms with van der Waals surface area (Å²) in [6.07, 6.45) is 0.937. The zero-order valence-corrected chi connectivity index (χ0v) is 22.4. The monoisotopic (exact) mass is 571 g/mol. The van der Waals surface area contributed by atoms with E-state index in [-0.39, 0.29) is 57.1 Å². The number of carbonyl (C=O) groups is 6. The number of carbonyl (C=O) groups excluding carboxylic acids is 6. The van der Waals surface area contributed by atoms with Crippen molar-refractivity contribution in [1.29, 1.82) is 0 Å². The van der Waals surface area contributed by atoms with E-state index in [1.54, 1.807) is 0 Å². The van der Waals surface area contributed by atoms with E-state index in [4.69, 9.17) is 28.7 Å². The summed E-state index contributed by atoms with van der Waals surface area (Å²) < 4.78 is 0. The Labute approximate surface area is 231 Å². The van der Waals surface area contributed by atoms with Crippen LogP contribution in [-0.2, 0) is 28.8 Å². The minimum Gasteiger partial charge on any atom is -0.394 e. The molecule has 0 aliphatic rings. The molecule has 0 aliphatic heterocycles. The predicted octanol–water partition coefficient (Wildman–Crippen LogP) is -5.49. The minimum absolute atomic E-state index is 0.00150. The first-order valence-electron chi connectivity index (χ1n) is 12.4. The first-order chi connectivity index (χ1) is 18.8. The summed E-state index contributed by atoms with van der Waals surface area (Å²) in [6, 6.07) is -4.84. The molecule has 5 amide bonds. The van der Waals surface area contributed by atoms with Gasteiger partial charge >= 0.3 is 0 Å². The lowest BCUT2D eigenvalue weighted by atomic mass is 10.1. The van der Waals surface area contributed by atoms with Crippen LogP contribution in [-0.4, -0.2) is 96.7 Å². The Kier molecular flexibility index (Phi) is 17.4. The molecule has 18 nitrogen and oxygen atoms in total. The number of rotatable bonds is 20. The molecular weight excluding hydrogens is 530 g/mol. The van der Waals surface area contributed by atoms with Crippen LogP contribution in [0.2, 0.25) is 0 Å². The maximum Gasteiger partial charge on any atom is 0.245 e. The zero-order valence-electron chi connectivity index (χ0n) is 22.4. The molecule has 0 radical (unpaired) electrons. The van der Waals surface area contributed by atoms with Crippen molar-refractivity contribution in [2.24, 2.45) is 38.7 Å². The Morgan fingerprint density at radius 2 is 1.20 bits per heavy atom. The highest BCUT2D eigenvalue weighted by atomic mass is 16.3. The Morgan fingerprint density at radius 3 is 1.65 bits per heavy atom. The van der Waals surface area contributed by atoms with E-state index in [9.17, 15) is 33.9 Å². The quantitative estimate of drug-likeness (QED) is 0.0284. The summed E-state index contributed by atoms with van der Waals surface area (Å²) in [5.41, 5.74) is 26.2. The van der Waals surface area contributed by atoms with Gasteiger partial charge in [0, 0.05) is 26.4 Å². The molecule has 4 atom stereocenters. The summed E-state index contributed by atoms with van der Waals surface area (Å²) in [4.78, 5) is 80.2. The van der Waals surface area contributed by atoms with Gasteiger partial charge in [0.25, 0.3) is 0 Å². The van der Waals surface area contributed by atoms with Gasteiger partial charge in [0.05, 0.1) is 12.6 Å². The molecule has 0 fully saturated rings. The first kappa shape index (κ1) is 35.5. The fourth-order valence-corrected chi connectivity index (χ4v) is 3.29. The lowest BCUT2D eigenvalue weighted by Crippen LogP contribution is -2.58. The molecular formula is C22H41N11O7. The highest BCUT2D eigenvalue weighted by Gasteiger charge is 2.29. The molecule has 0 heterocycles. The van der Waals surface area contributed by atoms with Crippen molar-refractivity contribution >= 4 is 47.7 Å². The van der Waals surface area contributed by atoms with Crippen LogP contribution in [0.1, 0.15) is 45.4 Å². The smallest absolute Gasteiger partial charge is 0.245 e. The normalized spacial score (nSPS) is 13.3. The van der Waals surface area contributed by atoms with Crippen molar-refractivity contribution < 1.29 is 33.9 Å². The van der Waals surface area contributed by atoms with Crippen molar-refractivity contribution in [3.8, 4) is 0 Å². The third kappa shape index (κ3) is 16.4. The number of aliphatic imine (C=N–C) groups is 2. The second-order valence-electron chi connectivity index (χ2n) is 8.71. The Hall–Kier alpha value is -4.48. The Bertz CT molecular complexity index is 934. The number of nitrogens with one attached hydrogen (secondary N) is 4. The SMILES string of the molecule is CC(=O)N[C@@H](CCC(N)=O)C(=O)N[C@@H](CCCN=C(N)N)C(=O)N[C@@H](CO)C(=O)N[C@H](C=O)CCCN=C(N)N. The highest BCUT2D eigenvalue weighted by molar-refractivity contribution is 5.94. The van der Waals surface area contributed by atoms with Crippen LogP contribution >= 0.6 is 0 Å². The van der Waals surface area contributed by atoms with Crippen molar-refractivity contribution in [2.45, 2.75) is 69.6 Å². The van der Waals surface area contributed by atoms with Crippen molar-refractivity contribution in [3.05, 3.63) is 0 Å². The number of guanidine groups is 2. The molecule has 18 heteroatoms. The molecule has 0 aromatic heterocycles. The van der Waals surface area contributed by atoms with E-state index in [0.717, 1.165) is 0 Å². The van der Waals surface area contributed by atoms with Gasteiger partial charge in [-0.3, -0.25) is 34.0 Å². The number of aliphatic hydroxyl groups excluding tert-OH is 1. The van der Waals surface area contributed by atoms with E-state index < -0.39 is 60.3 Å².